The molecule has 0 spiro atoms. The predicted molar refractivity (Wildman–Crippen MR) is 110 cm³/mol. The van der Waals surface area contributed by atoms with Gasteiger partial charge in [0.25, 0.3) is 5.91 Å². The van der Waals surface area contributed by atoms with Crippen molar-refractivity contribution < 1.29 is 13.2 Å². The lowest BCUT2D eigenvalue weighted by molar-refractivity contribution is 0.0963. The molecule has 1 aliphatic heterocycles. The van der Waals surface area contributed by atoms with Gasteiger partial charge in [-0.25, -0.2) is 13.4 Å². The highest BCUT2D eigenvalue weighted by Crippen LogP contribution is 2.34. The maximum atomic E-state index is 13.1. The smallest absolute Gasteiger partial charge is 0.251 e. The molecule has 2 aromatic carbocycles. The van der Waals surface area contributed by atoms with Crippen LogP contribution in [-0.4, -0.2) is 43.8 Å². The molecule has 0 aliphatic carbocycles. The zero-order chi connectivity index (χ0) is 19.7. The fraction of sp³-hybridized carbons (Fsp3) is 0.300. The second kappa shape index (κ2) is 7.62. The van der Waals surface area contributed by atoms with Gasteiger partial charge < -0.3 is 5.32 Å². The molecule has 0 radical (unpaired) electrons. The summed E-state index contributed by atoms with van der Waals surface area (Å²) >= 11 is 1.64. The van der Waals surface area contributed by atoms with Gasteiger partial charge in [0.15, 0.2) is 0 Å². The van der Waals surface area contributed by atoms with Gasteiger partial charge in [-0.1, -0.05) is 12.1 Å². The number of carbonyl (C=O) groups excluding carboxylic acids is 1. The van der Waals surface area contributed by atoms with Crippen LogP contribution >= 0.6 is 11.3 Å². The minimum atomic E-state index is -3.60. The number of nitrogens with one attached hydrogen (secondary N) is 1. The van der Waals surface area contributed by atoms with E-state index in [4.69, 9.17) is 4.98 Å². The summed E-state index contributed by atoms with van der Waals surface area (Å²) in [4.78, 5) is 16.6. The maximum absolute atomic E-state index is 13.1. The lowest BCUT2D eigenvalue weighted by atomic mass is 10.0. The first kappa shape index (κ1) is 19.0. The third-order valence-corrected chi connectivity index (χ3v) is 8.10. The van der Waals surface area contributed by atoms with E-state index in [1.807, 2.05) is 24.3 Å². The van der Waals surface area contributed by atoms with Gasteiger partial charge in [0.1, 0.15) is 0 Å². The van der Waals surface area contributed by atoms with Gasteiger partial charge in [0.2, 0.25) is 10.0 Å². The lowest BCUT2D eigenvalue weighted by Crippen LogP contribution is -2.39. The van der Waals surface area contributed by atoms with E-state index in [0.717, 1.165) is 28.1 Å². The highest BCUT2D eigenvalue weighted by atomic mass is 32.2. The van der Waals surface area contributed by atoms with Crippen molar-refractivity contribution in [3.05, 3.63) is 59.1 Å². The Hall–Kier alpha value is -2.29. The first-order valence-corrected chi connectivity index (χ1v) is 11.4. The van der Waals surface area contributed by atoms with E-state index in [1.54, 1.807) is 34.8 Å². The quantitative estimate of drug-likeness (QED) is 0.710. The van der Waals surface area contributed by atoms with E-state index in [0.29, 0.717) is 18.7 Å². The van der Waals surface area contributed by atoms with Crippen molar-refractivity contribution in [2.75, 3.05) is 20.1 Å². The number of nitrogens with zero attached hydrogens (tertiary/aromatic N) is 2. The Morgan fingerprint density at radius 2 is 1.93 bits per heavy atom. The summed E-state index contributed by atoms with van der Waals surface area (Å²) in [6.45, 7) is 0.931. The van der Waals surface area contributed by atoms with Crippen LogP contribution in [0.4, 0.5) is 0 Å². The van der Waals surface area contributed by atoms with E-state index in [-0.39, 0.29) is 16.7 Å². The molecule has 1 aliphatic rings. The average molecular weight is 416 g/mol. The molecule has 28 heavy (non-hydrogen) atoms. The Kier molecular flexibility index (Phi) is 5.18. The first-order valence-electron chi connectivity index (χ1n) is 9.17. The van der Waals surface area contributed by atoms with Crippen molar-refractivity contribution in [1.82, 2.24) is 14.6 Å². The summed E-state index contributed by atoms with van der Waals surface area (Å²) < 4.78 is 28.9. The third-order valence-electron chi connectivity index (χ3n) is 5.03. The normalized spacial score (nSPS) is 18.2. The SMILES string of the molecule is CNC(=O)c1ccc(S(=O)(=O)N2CCC[C@@H](c3nc4ccccc4s3)C2)cc1. The molecule has 1 aromatic heterocycles. The Balaban J connectivity index is 1.57. The molecule has 0 bridgehead atoms. The topological polar surface area (TPSA) is 79.4 Å². The Labute approximate surface area is 168 Å². The van der Waals surface area contributed by atoms with Gasteiger partial charge in [0.05, 0.1) is 20.1 Å². The van der Waals surface area contributed by atoms with Crippen molar-refractivity contribution in [2.45, 2.75) is 23.7 Å². The number of sulfonamides is 1. The minimum Gasteiger partial charge on any atom is -0.355 e. The van der Waals surface area contributed by atoms with Gasteiger partial charge in [-0.15, -0.1) is 11.3 Å². The number of carbonyl (C=O) groups is 1. The molecule has 1 N–H and O–H groups in total. The van der Waals surface area contributed by atoms with Gasteiger partial charge in [0, 0.05) is 31.6 Å². The van der Waals surface area contributed by atoms with E-state index < -0.39 is 10.0 Å². The molecule has 3 aromatic rings. The number of thiazole rings is 1. The Morgan fingerprint density at radius 1 is 1.18 bits per heavy atom. The molecule has 6 nitrogen and oxygen atoms in total. The van der Waals surface area contributed by atoms with Crippen LogP contribution in [0.1, 0.15) is 34.1 Å². The summed E-state index contributed by atoms with van der Waals surface area (Å²) in [5.74, 6) is -0.135. The lowest BCUT2D eigenvalue weighted by Gasteiger charge is -2.31. The number of amides is 1. The zero-order valence-electron chi connectivity index (χ0n) is 15.5. The standard InChI is InChI=1S/C20H21N3O3S2/c1-21-19(24)14-8-10-16(11-9-14)28(25,26)23-12-4-5-15(13-23)20-22-17-6-2-3-7-18(17)27-20/h2-3,6-11,15H,4-5,12-13H2,1H3,(H,21,24)/t15-/m1/s1. The number of aromatic nitrogens is 1. The Morgan fingerprint density at radius 3 is 2.64 bits per heavy atom. The van der Waals surface area contributed by atoms with Gasteiger partial charge >= 0.3 is 0 Å². The van der Waals surface area contributed by atoms with Crippen LogP contribution in [0, 0.1) is 0 Å². The molecular weight excluding hydrogens is 394 g/mol. The second-order valence-electron chi connectivity index (χ2n) is 6.83. The van der Waals surface area contributed by atoms with Crippen LogP contribution < -0.4 is 5.32 Å². The van der Waals surface area contributed by atoms with Crippen molar-refractivity contribution in [3.63, 3.8) is 0 Å². The number of hydrogen-bond acceptors (Lipinski definition) is 5. The Bertz CT molecular complexity index is 1070. The van der Waals surface area contributed by atoms with Crippen LogP contribution in [0.3, 0.4) is 0 Å². The molecular formula is C20H21N3O3S2. The van der Waals surface area contributed by atoms with Gasteiger partial charge in [-0.2, -0.15) is 4.31 Å². The summed E-state index contributed by atoms with van der Waals surface area (Å²) in [7, 11) is -2.06. The monoisotopic (exact) mass is 415 g/mol. The van der Waals surface area contributed by atoms with Crippen molar-refractivity contribution in [1.29, 1.82) is 0 Å². The molecule has 1 amide bonds. The number of hydrogen-bond donors (Lipinski definition) is 1. The molecule has 1 atom stereocenters. The first-order chi connectivity index (χ1) is 13.5. The van der Waals surface area contributed by atoms with Crippen LogP contribution in [0.15, 0.2) is 53.4 Å². The van der Waals surface area contributed by atoms with Crippen LogP contribution in [0.2, 0.25) is 0 Å². The van der Waals surface area contributed by atoms with Gasteiger partial charge in [-0.3, -0.25) is 4.79 Å². The molecule has 1 fully saturated rings. The molecule has 1 saturated heterocycles. The maximum Gasteiger partial charge on any atom is 0.251 e. The van der Waals surface area contributed by atoms with Gasteiger partial charge in [-0.05, 0) is 49.2 Å². The predicted octanol–water partition coefficient (Wildman–Crippen LogP) is 3.22. The molecule has 146 valence electrons. The van der Waals surface area contributed by atoms with E-state index in [9.17, 15) is 13.2 Å². The number of piperidine rings is 1. The van der Waals surface area contributed by atoms with E-state index >= 15 is 0 Å². The highest BCUT2D eigenvalue weighted by molar-refractivity contribution is 7.89. The minimum absolute atomic E-state index is 0.103. The zero-order valence-corrected chi connectivity index (χ0v) is 17.1. The van der Waals surface area contributed by atoms with Crippen LogP contribution in [0.25, 0.3) is 10.2 Å². The van der Waals surface area contributed by atoms with Crippen LogP contribution in [-0.2, 0) is 10.0 Å². The summed E-state index contributed by atoms with van der Waals surface area (Å²) in [6, 6.07) is 14.1. The largest absolute Gasteiger partial charge is 0.355 e. The highest BCUT2D eigenvalue weighted by Gasteiger charge is 2.32. The van der Waals surface area contributed by atoms with Crippen molar-refractivity contribution in [3.8, 4) is 0 Å². The summed E-state index contributed by atoms with van der Waals surface area (Å²) in [5.41, 5.74) is 1.40. The molecule has 0 saturated carbocycles. The molecule has 8 heteroatoms. The number of rotatable bonds is 4. The van der Waals surface area contributed by atoms with E-state index in [1.165, 1.54) is 12.1 Å². The third kappa shape index (κ3) is 3.55. The molecule has 4 rings (SSSR count). The summed E-state index contributed by atoms with van der Waals surface area (Å²) in [6.07, 6.45) is 1.73. The number of fused-ring (bicyclic) bond motifs is 1. The molecule has 0 unspecified atom stereocenters. The fourth-order valence-corrected chi connectivity index (χ4v) is 6.12. The second-order valence-corrected chi connectivity index (χ2v) is 9.83. The van der Waals surface area contributed by atoms with Crippen LogP contribution in [0.5, 0.6) is 0 Å². The molecule has 2 heterocycles. The van der Waals surface area contributed by atoms with E-state index in [2.05, 4.69) is 5.32 Å². The van der Waals surface area contributed by atoms with Crippen molar-refractivity contribution >= 4 is 37.5 Å². The fourth-order valence-electron chi connectivity index (χ4n) is 3.50. The average Bonchev–Trinajstić information content (AvgIpc) is 3.18. The summed E-state index contributed by atoms with van der Waals surface area (Å²) in [5, 5.41) is 3.53. The number of benzene rings is 2. The number of para-hydroxylation sites is 1. The van der Waals surface area contributed by atoms with Crippen molar-refractivity contribution in [2.24, 2.45) is 0 Å².